The van der Waals surface area contributed by atoms with Crippen molar-refractivity contribution in [2.75, 3.05) is 0 Å². The van der Waals surface area contributed by atoms with Gasteiger partial charge in [-0.05, 0) is 137 Å². The topological polar surface area (TPSA) is 185 Å². The smallest absolute Gasteiger partial charge is 0.357 e. The van der Waals surface area contributed by atoms with E-state index in [0.29, 0.717) is 39.9 Å². The summed E-state index contributed by atoms with van der Waals surface area (Å²) >= 11 is 0. The van der Waals surface area contributed by atoms with Crippen LogP contribution in [0.15, 0.2) is 115 Å². The van der Waals surface area contributed by atoms with E-state index in [1.165, 1.54) is 0 Å². The molecule has 0 amide bonds. The van der Waals surface area contributed by atoms with Crippen molar-refractivity contribution in [3.8, 4) is 5.75 Å². The fraction of sp³-hybridized carbons (Fsp3) is 0.397. The molecule has 0 saturated carbocycles. The third-order valence-electron chi connectivity index (χ3n) is 10.1. The minimum absolute atomic E-state index is 0.163. The molecule has 1 aromatic carbocycles. The summed E-state index contributed by atoms with van der Waals surface area (Å²) in [5.74, 6) is -1.63. The molecule has 0 aliphatic carbocycles. The maximum absolute atomic E-state index is 13.2. The first-order chi connectivity index (χ1) is 34.7. The molecule has 16 nitrogen and oxygen atoms in total. The second kappa shape index (κ2) is 24.1. The van der Waals surface area contributed by atoms with E-state index in [-0.39, 0.29) is 68.7 Å². The Morgan fingerprint density at radius 3 is 0.932 bits per heavy atom. The van der Waals surface area contributed by atoms with Gasteiger partial charge >= 0.3 is 23.9 Å². The molecule has 0 radical (unpaired) electrons. The molecule has 5 heterocycles. The number of benzene rings is 1. The minimum Gasteiger partial charge on any atom is -0.489 e. The highest BCUT2D eigenvalue weighted by Gasteiger charge is 2.25. The quantitative estimate of drug-likeness (QED) is 0.0551. The highest BCUT2D eigenvalue weighted by atomic mass is 16.6. The van der Waals surface area contributed by atoms with Gasteiger partial charge in [0.15, 0.2) is 0 Å². The molecule has 16 heteroatoms. The molecule has 6 rings (SSSR count). The molecule has 390 valence electrons. The van der Waals surface area contributed by atoms with Crippen LogP contribution in [0.5, 0.6) is 5.75 Å². The van der Waals surface area contributed by atoms with Crippen LogP contribution in [0.1, 0.15) is 165 Å². The molecule has 0 aliphatic rings. The van der Waals surface area contributed by atoms with Crippen molar-refractivity contribution in [3.63, 3.8) is 0 Å². The van der Waals surface area contributed by atoms with E-state index in [9.17, 15) is 19.2 Å². The summed E-state index contributed by atoms with van der Waals surface area (Å²) in [7, 11) is 0. The van der Waals surface area contributed by atoms with Crippen molar-refractivity contribution in [3.05, 3.63) is 178 Å². The van der Waals surface area contributed by atoms with Crippen molar-refractivity contribution < 1.29 is 42.9 Å². The van der Waals surface area contributed by atoms with Gasteiger partial charge < -0.3 is 23.7 Å². The molecule has 0 aliphatic heterocycles. The minimum atomic E-state index is -0.723. The van der Waals surface area contributed by atoms with Gasteiger partial charge in [0.2, 0.25) is 0 Å². The summed E-state index contributed by atoms with van der Waals surface area (Å²) in [5, 5.41) is 0. The highest BCUT2D eigenvalue weighted by molar-refractivity contribution is 5.89. The van der Waals surface area contributed by atoms with E-state index in [4.69, 9.17) is 48.6 Å². The molecule has 0 bridgehead atoms. The molecule has 0 saturated heterocycles. The van der Waals surface area contributed by atoms with Crippen LogP contribution in [0.2, 0.25) is 0 Å². The third-order valence-corrected chi connectivity index (χ3v) is 10.1. The molecule has 74 heavy (non-hydrogen) atoms. The first kappa shape index (κ1) is 55.9. The van der Waals surface area contributed by atoms with Gasteiger partial charge in [-0.3, -0.25) is 14.8 Å². The molecule has 0 atom stereocenters. The Hall–Kier alpha value is -7.43. The van der Waals surface area contributed by atoms with Crippen molar-refractivity contribution in [2.45, 2.75) is 151 Å². The first-order valence-electron chi connectivity index (χ1n) is 24.6. The maximum atomic E-state index is 13.2. The molecule has 0 N–H and O–H groups in total. The van der Waals surface area contributed by atoms with Crippen LogP contribution in [-0.4, -0.2) is 81.0 Å². The van der Waals surface area contributed by atoms with Gasteiger partial charge in [0.05, 0.1) is 34.2 Å². The van der Waals surface area contributed by atoms with Gasteiger partial charge in [-0.15, -0.1) is 0 Å². The van der Waals surface area contributed by atoms with Crippen LogP contribution >= 0.6 is 0 Å². The second-order valence-corrected chi connectivity index (χ2v) is 21.9. The molecule has 0 spiro atoms. The number of carbonyl (C=O) groups excluding carboxylic acids is 4. The number of rotatable bonds is 19. The fourth-order valence-corrected chi connectivity index (χ4v) is 7.36. The number of carbonyl (C=O) groups is 4. The molecule has 5 aromatic heterocycles. The van der Waals surface area contributed by atoms with Gasteiger partial charge in [0, 0.05) is 51.4 Å². The Kier molecular flexibility index (Phi) is 18.2. The summed E-state index contributed by atoms with van der Waals surface area (Å²) in [6.07, 6.45) is 0. The second-order valence-electron chi connectivity index (χ2n) is 21.9. The summed E-state index contributed by atoms with van der Waals surface area (Å²) in [6.45, 7) is 23.3. The lowest BCUT2D eigenvalue weighted by Crippen LogP contribution is -2.28. The Labute approximate surface area is 434 Å². The van der Waals surface area contributed by atoms with Crippen LogP contribution in [0.3, 0.4) is 0 Å². The number of ether oxygens (including phenoxy) is 5. The maximum Gasteiger partial charge on any atom is 0.357 e. The number of aromatic nitrogens is 5. The number of nitrogens with zero attached hydrogens (tertiary/aromatic N) is 7. The summed E-state index contributed by atoms with van der Waals surface area (Å²) < 4.78 is 29.1. The monoisotopic (exact) mass is 1010 g/mol. The van der Waals surface area contributed by atoms with Crippen LogP contribution in [-0.2, 0) is 64.8 Å². The Bertz CT molecular complexity index is 2580. The van der Waals surface area contributed by atoms with Gasteiger partial charge in [0.25, 0.3) is 0 Å². The van der Waals surface area contributed by atoms with Crippen LogP contribution in [0, 0.1) is 0 Å². The van der Waals surface area contributed by atoms with E-state index in [1.54, 1.807) is 132 Å². The van der Waals surface area contributed by atoms with E-state index in [1.807, 2.05) is 66.7 Å². The Morgan fingerprint density at radius 1 is 0.365 bits per heavy atom. The van der Waals surface area contributed by atoms with E-state index >= 15 is 0 Å². The lowest BCUT2D eigenvalue weighted by atomic mass is 10.2. The summed E-state index contributed by atoms with van der Waals surface area (Å²) in [6, 6.07) is 34.5. The van der Waals surface area contributed by atoms with Gasteiger partial charge in [-0.2, -0.15) is 0 Å². The molecular formula is C58H69N7O9. The predicted molar refractivity (Wildman–Crippen MR) is 279 cm³/mol. The lowest BCUT2D eigenvalue weighted by Gasteiger charge is -2.25. The van der Waals surface area contributed by atoms with E-state index in [2.05, 4.69) is 9.80 Å². The van der Waals surface area contributed by atoms with Crippen LogP contribution in [0.4, 0.5) is 0 Å². The Morgan fingerprint density at radius 2 is 0.649 bits per heavy atom. The summed E-state index contributed by atoms with van der Waals surface area (Å²) in [4.78, 5) is 81.0. The highest BCUT2D eigenvalue weighted by Crippen LogP contribution is 2.24. The summed E-state index contributed by atoms with van der Waals surface area (Å²) in [5.41, 5.74) is 2.33. The third kappa shape index (κ3) is 18.9. The molecule has 6 aromatic rings. The van der Waals surface area contributed by atoms with Gasteiger partial charge in [-0.1, -0.05) is 54.6 Å². The van der Waals surface area contributed by atoms with E-state index in [0.717, 1.165) is 5.56 Å². The van der Waals surface area contributed by atoms with Gasteiger partial charge in [-0.25, -0.2) is 39.1 Å². The Balaban J connectivity index is 1.40. The standard InChI is InChI=1S/C58H69N7O9/c1-55(2,3)71-51(66)47-26-16-22-40(60-47)32-64(33-41-23-17-27-48(61-41)52(67)72-56(4,5)6)36-44-30-46(70-38-39-20-14-13-15-21-39)31-45(59-44)37-65(34-42-24-18-28-49(62-42)53(68)73-57(7,8)9)35-43-25-19-29-50(63-43)54(69)74-58(10,11)12/h13-31H,32-38H2,1-12H3. The number of hydrogen-bond donors (Lipinski definition) is 0. The number of pyridine rings is 5. The number of hydrogen-bond acceptors (Lipinski definition) is 16. The molecule has 0 fully saturated rings. The SMILES string of the molecule is CC(C)(C)OC(=O)c1cccc(CN(Cc2cc(OCc3ccccc3)cc(CN(Cc3cccc(C(=O)OC(C)(C)C)n3)Cc3cccc(C(=O)OC(C)(C)C)n3)n2)Cc2cccc(C(=O)OC(C)(C)C)n2)n1. The van der Waals surface area contributed by atoms with Crippen molar-refractivity contribution >= 4 is 23.9 Å². The number of esters is 4. The zero-order chi connectivity index (χ0) is 53.8. The normalized spacial score (nSPS) is 12.1. The zero-order valence-corrected chi connectivity index (χ0v) is 44.7. The lowest BCUT2D eigenvalue weighted by molar-refractivity contribution is 0.00497. The molecule has 0 unspecified atom stereocenters. The fourth-order valence-electron chi connectivity index (χ4n) is 7.36. The zero-order valence-electron chi connectivity index (χ0n) is 44.7. The average Bonchev–Trinajstić information content (AvgIpc) is 3.29. The molecular weight excluding hydrogens is 939 g/mol. The first-order valence-corrected chi connectivity index (χ1v) is 24.6. The van der Waals surface area contributed by atoms with Gasteiger partial charge in [0.1, 0.15) is 57.5 Å². The average molecular weight is 1010 g/mol. The predicted octanol–water partition coefficient (Wildman–Crippen LogP) is 10.5. The van der Waals surface area contributed by atoms with Crippen molar-refractivity contribution in [2.24, 2.45) is 0 Å². The van der Waals surface area contributed by atoms with Crippen LogP contribution < -0.4 is 4.74 Å². The largest absolute Gasteiger partial charge is 0.489 e. The van der Waals surface area contributed by atoms with Crippen LogP contribution in [0.25, 0.3) is 0 Å². The van der Waals surface area contributed by atoms with Crippen molar-refractivity contribution in [1.29, 1.82) is 0 Å². The van der Waals surface area contributed by atoms with Crippen molar-refractivity contribution in [1.82, 2.24) is 34.7 Å². The van der Waals surface area contributed by atoms with E-state index < -0.39 is 46.3 Å².